The first kappa shape index (κ1) is 18.3. The molecule has 0 radical (unpaired) electrons. The maximum Gasteiger partial charge on any atom is 0.200 e. The number of Topliss-reactive ketones (excluding diaryl/α,β-unsaturated/α-hetero) is 1. The van der Waals surface area contributed by atoms with E-state index in [0.29, 0.717) is 22.6 Å². The molecule has 0 atom stereocenters. The molecule has 0 amide bonds. The number of carbonyl (C=O) groups is 1. The van der Waals surface area contributed by atoms with Gasteiger partial charge >= 0.3 is 0 Å². The van der Waals surface area contributed by atoms with E-state index in [0.717, 1.165) is 27.6 Å². The molecule has 0 bridgehead atoms. The van der Waals surface area contributed by atoms with Crippen molar-refractivity contribution in [3.8, 4) is 11.1 Å². The second-order valence-electron chi connectivity index (χ2n) is 7.66. The highest BCUT2D eigenvalue weighted by molar-refractivity contribution is 6.41. The van der Waals surface area contributed by atoms with E-state index in [1.807, 2.05) is 98.8 Å². The molecule has 0 saturated heterocycles. The molecule has 5 rings (SSSR count). The van der Waals surface area contributed by atoms with Crippen LogP contribution in [0.3, 0.4) is 0 Å². The van der Waals surface area contributed by atoms with Crippen LogP contribution in [0.25, 0.3) is 33.4 Å². The highest BCUT2D eigenvalue weighted by Crippen LogP contribution is 2.45. The van der Waals surface area contributed by atoms with Crippen molar-refractivity contribution < 1.29 is 9.53 Å². The van der Waals surface area contributed by atoms with Crippen LogP contribution in [-0.2, 0) is 4.74 Å². The standard InChI is InChI=1S/C27H21NO2/c1-17(2)30-27-23(19-13-7-4-8-14-19)26(29)24-22(18-11-5-3-6-12-18)20-15-9-10-16-21(20)28-25(24)27/h3-17H,1-2H3. The molecular weight excluding hydrogens is 370 g/mol. The number of aromatic nitrogens is 1. The summed E-state index contributed by atoms with van der Waals surface area (Å²) >= 11 is 0. The minimum atomic E-state index is -0.0779. The van der Waals surface area contributed by atoms with Crippen LogP contribution in [-0.4, -0.2) is 16.9 Å². The Kier molecular flexibility index (Phi) is 4.44. The number of benzene rings is 3. The number of ketones is 1. The van der Waals surface area contributed by atoms with E-state index >= 15 is 0 Å². The minimum Gasteiger partial charge on any atom is -0.488 e. The van der Waals surface area contributed by atoms with Crippen molar-refractivity contribution >= 4 is 28.0 Å². The van der Waals surface area contributed by atoms with Gasteiger partial charge in [-0.2, -0.15) is 0 Å². The number of hydrogen-bond donors (Lipinski definition) is 0. The van der Waals surface area contributed by atoms with Gasteiger partial charge in [0.15, 0.2) is 11.5 Å². The van der Waals surface area contributed by atoms with Crippen LogP contribution in [0.2, 0.25) is 0 Å². The lowest BCUT2D eigenvalue weighted by atomic mass is 9.92. The summed E-state index contributed by atoms with van der Waals surface area (Å²) in [6.45, 7) is 3.94. The number of allylic oxidation sites excluding steroid dienone is 1. The first-order chi connectivity index (χ1) is 14.6. The number of fused-ring (bicyclic) bond motifs is 2. The summed E-state index contributed by atoms with van der Waals surface area (Å²) in [5.74, 6) is 0.531. The maximum absolute atomic E-state index is 13.8. The largest absolute Gasteiger partial charge is 0.488 e. The summed E-state index contributed by atoms with van der Waals surface area (Å²) in [6.07, 6.45) is -0.0779. The van der Waals surface area contributed by atoms with Crippen molar-refractivity contribution in [2.45, 2.75) is 20.0 Å². The van der Waals surface area contributed by atoms with E-state index in [1.165, 1.54) is 0 Å². The lowest BCUT2D eigenvalue weighted by Crippen LogP contribution is -2.04. The van der Waals surface area contributed by atoms with Gasteiger partial charge in [-0.3, -0.25) is 4.79 Å². The number of nitrogens with zero attached hydrogens (tertiary/aromatic N) is 1. The predicted octanol–water partition coefficient (Wildman–Crippen LogP) is 6.39. The van der Waals surface area contributed by atoms with Crippen LogP contribution in [0, 0.1) is 0 Å². The van der Waals surface area contributed by atoms with Gasteiger partial charge in [-0.25, -0.2) is 4.98 Å². The van der Waals surface area contributed by atoms with Gasteiger partial charge in [0.2, 0.25) is 0 Å². The van der Waals surface area contributed by atoms with Crippen LogP contribution in [0.15, 0.2) is 84.9 Å². The SMILES string of the molecule is CC(C)OC1=C(c2ccccc2)C(=O)c2c1nc1ccccc1c2-c1ccccc1. The first-order valence-corrected chi connectivity index (χ1v) is 10.1. The van der Waals surface area contributed by atoms with Gasteiger partial charge in [0.05, 0.1) is 22.8 Å². The number of carbonyl (C=O) groups excluding carboxylic acids is 1. The van der Waals surface area contributed by atoms with E-state index in [4.69, 9.17) is 9.72 Å². The number of para-hydroxylation sites is 1. The summed E-state index contributed by atoms with van der Waals surface area (Å²) in [4.78, 5) is 18.7. The van der Waals surface area contributed by atoms with Crippen molar-refractivity contribution in [2.24, 2.45) is 0 Å². The molecule has 1 heterocycles. The summed E-state index contributed by atoms with van der Waals surface area (Å²) in [5.41, 5.74) is 5.44. The highest BCUT2D eigenvalue weighted by Gasteiger charge is 2.37. The fraction of sp³-hybridized carbons (Fsp3) is 0.111. The molecule has 0 saturated carbocycles. The van der Waals surface area contributed by atoms with E-state index in [-0.39, 0.29) is 11.9 Å². The average molecular weight is 391 g/mol. The third kappa shape index (κ3) is 2.91. The maximum atomic E-state index is 13.8. The molecule has 0 aliphatic heterocycles. The van der Waals surface area contributed by atoms with Crippen LogP contribution in [0.5, 0.6) is 0 Å². The minimum absolute atomic E-state index is 0.0380. The Morgan fingerprint density at radius 2 is 1.33 bits per heavy atom. The normalized spacial score (nSPS) is 13.2. The van der Waals surface area contributed by atoms with Crippen molar-refractivity contribution in [2.75, 3.05) is 0 Å². The zero-order valence-corrected chi connectivity index (χ0v) is 16.9. The Bertz CT molecular complexity index is 1290. The second kappa shape index (κ2) is 7.27. The third-order valence-electron chi connectivity index (χ3n) is 5.27. The third-order valence-corrected chi connectivity index (χ3v) is 5.27. The molecule has 146 valence electrons. The second-order valence-corrected chi connectivity index (χ2v) is 7.66. The fourth-order valence-corrected chi connectivity index (χ4v) is 4.07. The smallest absolute Gasteiger partial charge is 0.200 e. The Hall–Kier alpha value is -3.72. The zero-order valence-electron chi connectivity index (χ0n) is 16.9. The predicted molar refractivity (Wildman–Crippen MR) is 121 cm³/mol. The van der Waals surface area contributed by atoms with Crippen LogP contribution < -0.4 is 0 Å². The van der Waals surface area contributed by atoms with Gasteiger partial charge in [0.25, 0.3) is 0 Å². The molecule has 1 aliphatic carbocycles. The highest BCUT2D eigenvalue weighted by atomic mass is 16.5. The lowest BCUT2D eigenvalue weighted by Gasteiger charge is -2.15. The molecule has 30 heavy (non-hydrogen) atoms. The van der Waals surface area contributed by atoms with E-state index < -0.39 is 0 Å². The summed E-state index contributed by atoms with van der Waals surface area (Å²) in [6, 6.07) is 27.7. The zero-order chi connectivity index (χ0) is 20.7. The molecule has 1 aromatic heterocycles. The molecule has 0 fully saturated rings. The van der Waals surface area contributed by atoms with E-state index in [1.54, 1.807) is 0 Å². The first-order valence-electron chi connectivity index (χ1n) is 10.1. The Labute approximate surface area is 175 Å². The molecule has 0 spiro atoms. The van der Waals surface area contributed by atoms with Crippen LogP contribution in [0.1, 0.15) is 35.5 Å². The van der Waals surface area contributed by atoms with Crippen LogP contribution >= 0.6 is 0 Å². The Morgan fingerprint density at radius 3 is 2.00 bits per heavy atom. The van der Waals surface area contributed by atoms with E-state index in [2.05, 4.69) is 0 Å². The van der Waals surface area contributed by atoms with E-state index in [9.17, 15) is 4.79 Å². The summed E-state index contributed by atoms with van der Waals surface area (Å²) in [7, 11) is 0. The van der Waals surface area contributed by atoms with Crippen molar-refractivity contribution in [1.82, 2.24) is 4.98 Å². The number of rotatable bonds is 4. The monoisotopic (exact) mass is 391 g/mol. The van der Waals surface area contributed by atoms with Crippen molar-refractivity contribution in [3.05, 3.63) is 102 Å². The van der Waals surface area contributed by atoms with Crippen molar-refractivity contribution in [1.29, 1.82) is 0 Å². The van der Waals surface area contributed by atoms with Crippen LogP contribution in [0.4, 0.5) is 0 Å². The number of hydrogen-bond acceptors (Lipinski definition) is 3. The molecule has 0 N–H and O–H groups in total. The molecular formula is C27H21NO2. The van der Waals surface area contributed by atoms with Gasteiger partial charge < -0.3 is 4.74 Å². The topological polar surface area (TPSA) is 39.2 Å². The van der Waals surface area contributed by atoms with Crippen molar-refractivity contribution in [3.63, 3.8) is 0 Å². The Morgan fingerprint density at radius 1 is 0.733 bits per heavy atom. The number of pyridine rings is 1. The Balaban J connectivity index is 1.87. The molecule has 3 nitrogen and oxygen atoms in total. The number of ether oxygens (including phenoxy) is 1. The molecule has 0 unspecified atom stereocenters. The van der Waals surface area contributed by atoms with Gasteiger partial charge in [0.1, 0.15) is 5.69 Å². The van der Waals surface area contributed by atoms with Gasteiger partial charge in [0, 0.05) is 10.9 Å². The van der Waals surface area contributed by atoms with Gasteiger partial charge in [-0.15, -0.1) is 0 Å². The summed E-state index contributed by atoms with van der Waals surface area (Å²) < 4.78 is 6.21. The van der Waals surface area contributed by atoms with Gasteiger partial charge in [-0.1, -0.05) is 78.9 Å². The quantitative estimate of drug-likeness (QED) is 0.404. The molecule has 1 aliphatic rings. The van der Waals surface area contributed by atoms with Gasteiger partial charge in [-0.05, 0) is 31.0 Å². The molecule has 4 aromatic rings. The average Bonchev–Trinajstić information content (AvgIpc) is 3.04. The molecule has 3 heteroatoms. The summed E-state index contributed by atoms with van der Waals surface area (Å²) in [5, 5.41) is 0.967. The molecule has 3 aromatic carbocycles. The lowest BCUT2D eigenvalue weighted by molar-refractivity contribution is 0.105. The fourth-order valence-electron chi connectivity index (χ4n) is 4.07.